The van der Waals surface area contributed by atoms with Gasteiger partial charge in [0.1, 0.15) is 31.2 Å². The molecule has 18 heteroatoms. The van der Waals surface area contributed by atoms with Gasteiger partial charge >= 0.3 is 0 Å². The predicted octanol–water partition coefficient (Wildman–Crippen LogP) is 14.6. The molecular weight excluding hydrogens is 1230 g/mol. The summed E-state index contributed by atoms with van der Waals surface area (Å²) in [6.07, 6.45) is 29.0. The van der Waals surface area contributed by atoms with Crippen molar-refractivity contribution in [3.8, 4) is 0 Å². The Hall–Kier alpha value is -3.22. The molecule has 12 aliphatic carbocycles. The number of aliphatic hydroxyl groups is 3. The Morgan fingerprint density at radius 1 is 0.495 bits per heavy atom. The Balaban J connectivity index is 0.000000129. The van der Waals surface area contributed by atoms with Gasteiger partial charge in [-0.2, -0.15) is 9.91 Å². The first-order chi connectivity index (χ1) is 43.7. The van der Waals surface area contributed by atoms with E-state index in [4.69, 9.17) is 0 Å². The Kier molecular flexibility index (Phi) is 19.1. The first-order valence-electron chi connectivity index (χ1n) is 37.4. The van der Waals surface area contributed by atoms with E-state index in [1.807, 2.05) is 41.5 Å². The van der Waals surface area contributed by atoms with Gasteiger partial charge in [-0.3, -0.25) is 14.4 Å². The second-order valence-corrected chi connectivity index (χ2v) is 37.3. The van der Waals surface area contributed by atoms with Crippen molar-refractivity contribution in [3.63, 3.8) is 0 Å². The number of halogens is 1. The molecule has 12 saturated carbocycles. The summed E-state index contributed by atoms with van der Waals surface area (Å²) in [5.74, 6) is 12.4. The molecule has 0 unspecified atom stereocenters. The average molecular weight is 1350 g/mol. The van der Waals surface area contributed by atoms with Crippen molar-refractivity contribution in [3.05, 3.63) is 11.6 Å². The van der Waals surface area contributed by atoms with Gasteiger partial charge in [0.2, 0.25) is 0 Å². The Morgan fingerprint density at radius 3 is 1.32 bits per heavy atom. The van der Waals surface area contributed by atoms with Gasteiger partial charge in [-0.1, -0.05) is 71.3 Å². The second kappa shape index (κ2) is 25.5. The molecule has 0 aromatic carbocycles. The van der Waals surface area contributed by atoms with Crippen molar-refractivity contribution in [2.45, 2.75) is 287 Å². The Bertz CT molecular complexity index is 3140. The molecular formula is C75H120BrN11O6. The highest BCUT2D eigenvalue weighted by atomic mass is 79.9. The normalized spacial score (nSPS) is 48.8. The van der Waals surface area contributed by atoms with Crippen LogP contribution in [-0.2, 0) is 27.5 Å². The molecule has 3 heterocycles. The lowest BCUT2D eigenvalue weighted by atomic mass is 9.44. The molecule has 12 fully saturated rings. The summed E-state index contributed by atoms with van der Waals surface area (Å²) < 4.78 is 1.66. The summed E-state index contributed by atoms with van der Waals surface area (Å²) in [5, 5.41) is 67.1. The zero-order valence-electron chi connectivity index (χ0n) is 59.7. The summed E-state index contributed by atoms with van der Waals surface area (Å²) >= 11 is 3.43. The molecule has 518 valence electrons. The highest BCUT2D eigenvalue weighted by Crippen LogP contribution is 2.72. The SMILES string of the molecule is CC1=NN=NC1.C[C@@]1(O)CC[C@@]2(C)[C@@H](CC[C@@H]3[C@@H]2CC[C@]2(C)[C@@H](C(=O)CBr)CC[C@@H]32)C1.Cc1nnn(CC(=O)[C@H]2[C@H](C)C[C@H]3[C@@H]4CC[C@H]5C[C@](C)(O)CC[C@]5(C)[C@H]4CC[C@@]32C)n1.Cc1nnnn1CC(=O)[C@H]1[C@H](C)C[C@H]2[C@@H]3CC[C@H]4C[C@](C)(O)CC[C@]4(C)[C@H]3CC[C@@]21C. The monoisotopic (exact) mass is 1350 g/mol. The third kappa shape index (κ3) is 12.6. The third-order valence-corrected chi connectivity index (χ3v) is 31.8. The Labute approximate surface area is 565 Å². The molecule has 2 aromatic rings. The smallest absolute Gasteiger partial charge is 0.171 e. The number of nitrogens with zero attached hydrogens (tertiary/aromatic N) is 11. The van der Waals surface area contributed by atoms with Crippen LogP contribution in [0.2, 0.25) is 0 Å². The number of alkyl halides is 1. The number of tetrazole rings is 2. The molecule has 93 heavy (non-hydrogen) atoms. The predicted molar refractivity (Wildman–Crippen MR) is 363 cm³/mol. The van der Waals surface area contributed by atoms with Crippen LogP contribution < -0.4 is 0 Å². The van der Waals surface area contributed by atoms with Gasteiger partial charge in [0.25, 0.3) is 0 Å². The number of carbonyl (C=O) groups is 3. The number of hydrogen-bond donors (Lipinski definition) is 3. The standard InChI is InChI=1S/2C25H40N4O2.C22H35BrO2.C3H5N3/c1-15-12-20-18-7-6-17-13-23(3,31)10-11-24(17,4)19(18)8-9-25(20,5)22(15)21(30)14-29-16(2)26-27-28-29;1-15-12-20-18-7-6-17-13-23(3,31)10-11-24(17,4)19(18)8-9-25(20,5)22(15)21(30)14-29-27-16(2)26-28-29;1-20(25)10-11-21(2)14(12-20)4-5-15-16-6-7-18(19(24)13-23)22(16,3)9-8-17(15)21;1-3-2-4-6-5-3/h2*15,17-20,22,31H,6-14H2,1-5H3;14-18,25H,4-13H2,1-3H3;2H2,1H3/t2*15-,17+,18-,19+,20+,22-,23-,24+,25+;14-,15-,16-,17-,18+,20+,21-,22-;/m110./s1. The van der Waals surface area contributed by atoms with E-state index in [-0.39, 0.29) is 40.5 Å². The molecule has 0 amide bonds. The van der Waals surface area contributed by atoms with Crippen LogP contribution in [0.3, 0.4) is 0 Å². The largest absolute Gasteiger partial charge is 0.390 e. The molecule has 26 atom stereocenters. The minimum atomic E-state index is -0.479. The van der Waals surface area contributed by atoms with Crippen LogP contribution >= 0.6 is 15.9 Å². The maximum absolute atomic E-state index is 13.5. The fraction of sp³-hybridized carbons (Fsp3) is 0.920. The number of carbonyl (C=O) groups excluding carboxylic acids is 3. The van der Waals surface area contributed by atoms with Crippen molar-refractivity contribution in [2.75, 3.05) is 11.9 Å². The van der Waals surface area contributed by atoms with E-state index in [1.54, 1.807) is 4.68 Å². The maximum Gasteiger partial charge on any atom is 0.171 e. The molecule has 15 rings (SSSR count). The van der Waals surface area contributed by atoms with Crippen LogP contribution in [0.5, 0.6) is 0 Å². The lowest BCUT2D eigenvalue weighted by Crippen LogP contribution is -2.55. The van der Waals surface area contributed by atoms with Gasteiger partial charge in [-0.15, -0.1) is 20.4 Å². The van der Waals surface area contributed by atoms with Crippen LogP contribution in [0.25, 0.3) is 0 Å². The first-order valence-corrected chi connectivity index (χ1v) is 38.5. The van der Waals surface area contributed by atoms with E-state index in [0.717, 1.165) is 118 Å². The zero-order valence-corrected chi connectivity index (χ0v) is 61.3. The van der Waals surface area contributed by atoms with Crippen LogP contribution in [0, 0.1) is 147 Å². The van der Waals surface area contributed by atoms with E-state index in [1.165, 1.54) is 94.7 Å². The van der Waals surface area contributed by atoms with Gasteiger partial charge < -0.3 is 15.3 Å². The lowest BCUT2D eigenvalue weighted by molar-refractivity contribution is -0.151. The highest BCUT2D eigenvalue weighted by molar-refractivity contribution is 9.09. The molecule has 17 nitrogen and oxygen atoms in total. The summed E-state index contributed by atoms with van der Waals surface area (Å²) in [4.78, 5) is 41.0. The van der Waals surface area contributed by atoms with E-state index in [0.29, 0.717) is 105 Å². The van der Waals surface area contributed by atoms with Crippen LogP contribution in [0.4, 0.5) is 0 Å². The average Bonchev–Trinajstić information content (AvgIpc) is 1.69. The third-order valence-electron chi connectivity index (χ3n) is 31.2. The number of ketones is 3. The molecule has 2 aromatic heterocycles. The van der Waals surface area contributed by atoms with E-state index < -0.39 is 16.8 Å². The number of hydrogen-bond acceptors (Lipinski definition) is 15. The topological polar surface area (TPSA) is 236 Å². The van der Waals surface area contributed by atoms with Gasteiger partial charge in [-0.05, 0) is 338 Å². The molecule has 13 aliphatic rings. The van der Waals surface area contributed by atoms with Gasteiger partial charge in [0.05, 0.1) is 27.8 Å². The van der Waals surface area contributed by atoms with Gasteiger partial charge in [0.15, 0.2) is 17.4 Å². The fourth-order valence-electron chi connectivity index (χ4n) is 26.6. The number of rotatable bonds is 8. The number of aromatic nitrogens is 8. The van der Waals surface area contributed by atoms with E-state index in [2.05, 4.69) is 118 Å². The summed E-state index contributed by atoms with van der Waals surface area (Å²) in [7, 11) is 0. The molecule has 0 bridgehead atoms. The molecule has 0 spiro atoms. The number of fused-ring (bicyclic) bond motifs is 15. The first kappa shape index (κ1) is 69.7. The van der Waals surface area contributed by atoms with Crippen molar-refractivity contribution >= 4 is 39.0 Å². The summed E-state index contributed by atoms with van der Waals surface area (Å²) in [6.45, 7) is 32.4. The second-order valence-electron chi connectivity index (χ2n) is 36.7. The quantitative estimate of drug-likeness (QED) is 0.209. The van der Waals surface area contributed by atoms with Crippen molar-refractivity contribution < 1.29 is 29.7 Å². The van der Waals surface area contributed by atoms with Gasteiger partial charge in [-0.25, -0.2) is 4.68 Å². The number of Topliss-reactive ketones (excluding diaryl/α,β-unsaturated/α-hetero) is 3. The molecule has 0 radical (unpaired) electrons. The highest BCUT2D eigenvalue weighted by Gasteiger charge is 2.67. The van der Waals surface area contributed by atoms with E-state index in [9.17, 15) is 29.7 Å². The minimum Gasteiger partial charge on any atom is -0.390 e. The summed E-state index contributed by atoms with van der Waals surface area (Å²) in [6, 6.07) is 0. The molecule has 1 aliphatic heterocycles. The van der Waals surface area contributed by atoms with Gasteiger partial charge in [0, 0.05) is 17.8 Å². The molecule has 0 saturated heterocycles. The lowest BCUT2D eigenvalue weighted by Gasteiger charge is -2.61. The summed E-state index contributed by atoms with van der Waals surface area (Å²) in [5.41, 5.74) is 1.18. The van der Waals surface area contributed by atoms with Crippen LogP contribution in [0.1, 0.15) is 255 Å². The van der Waals surface area contributed by atoms with Crippen LogP contribution in [-0.4, -0.2) is 107 Å². The Morgan fingerprint density at radius 2 is 0.935 bits per heavy atom. The minimum absolute atomic E-state index is 0.0939. The van der Waals surface area contributed by atoms with E-state index >= 15 is 0 Å². The van der Waals surface area contributed by atoms with Crippen LogP contribution in [0.15, 0.2) is 15.4 Å². The fourth-order valence-corrected chi connectivity index (χ4v) is 26.9. The maximum atomic E-state index is 13.5. The zero-order chi connectivity index (χ0) is 66.8. The van der Waals surface area contributed by atoms with Crippen molar-refractivity contribution in [1.82, 2.24) is 40.4 Å². The van der Waals surface area contributed by atoms with Crippen molar-refractivity contribution in [2.24, 2.45) is 149 Å². The van der Waals surface area contributed by atoms with Crippen molar-refractivity contribution in [1.29, 1.82) is 0 Å². The number of aryl methyl sites for hydroxylation is 2. The molecule has 3 N–H and O–H groups in total.